The fourth-order valence-corrected chi connectivity index (χ4v) is 2.55. The summed E-state index contributed by atoms with van der Waals surface area (Å²) in [6.07, 6.45) is 5.09. The zero-order valence-electron chi connectivity index (χ0n) is 10.6. The standard InChI is InChI=1S/C15H12FN3O/c16-11-2-1-3-12-14(11)18-15(19(12)9-4-5-9)10-6-7-17-8-13(10)20/h1-3,6-9,20H,4-5H2. The monoisotopic (exact) mass is 269 g/mol. The molecule has 20 heavy (non-hydrogen) atoms. The van der Waals surface area contributed by atoms with Gasteiger partial charge in [0.25, 0.3) is 0 Å². The SMILES string of the molecule is Oc1cnccc1-c1nc2c(F)cccc2n1C1CC1. The van der Waals surface area contributed by atoms with Crippen molar-refractivity contribution in [3.63, 3.8) is 0 Å². The number of fused-ring (bicyclic) bond motifs is 1. The maximum Gasteiger partial charge on any atom is 0.151 e. The molecule has 4 rings (SSSR count). The van der Waals surface area contributed by atoms with Gasteiger partial charge in [0.1, 0.15) is 17.1 Å². The van der Waals surface area contributed by atoms with Gasteiger partial charge in [0.05, 0.1) is 17.3 Å². The van der Waals surface area contributed by atoms with Crippen LogP contribution in [-0.2, 0) is 0 Å². The maximum atomic E-state index is 13.9. The van der Waals surface area contributed by atoms with Gasteiger partial charge >= 0.3 is 0 Å². The third kappa shape index (κ3) is 1.59. The Hall–Kier alpha value is -2.43. The zero-order chi connectivity index (χ0) is 13.7. The molecule has 0 radical (unpaired) electrons. The first-order chi connectivity index (χ1) is 9.75. The lowest BCUT2D eigenvalue weighted by Crippen LogP contribution is -1.97. The van der Waals surface area contributed by atoms with Gasteiger partial charge in [0.15, 0.2) is 5.82 Å². The molecule has 1 aliphatic rings. The summed E-state index contributed by atoms with van der Waals surface area (Å²) in [4.78, 5) is 8.28. The highest BCUT2D eigenvalue weighted by Gasteiger charge is 2.30. The van der Waals surface area contributed by atoms with E-state index in [0.29, 0.717) is 22.9 Å². The van der Waals surface area contributed by atoms with Crippen LogP contribution in [-0.4, -0.2) is 19.6 Å². The highest BCUT2D eigenvalue weighted by Crippen LogP contribution is 2.42. The van der Waals surface area contributed by atoms with Gasteiger partial charge in [-0.25, -0.2) is 9.37 Å². The molecule has 1 fully saturated rings. The number of imidazole rings is 1. The second-order valence-electron chi connectivity index (χ2n) is 5.04. The Bertz CT molecular complexity index is 808. The highest BCUT2D eigenvalue weighted by atomic mass is 19.1. The van der Waals surface area contributed by atoms with Crippen molar-refractivity contribution in [3.05, 3.63) is 42.5 Å². The van der Waals surface area contributed by atoms with Gasteiger partial charge in [-0.05, 0) is 31.0 Å². The molecule has 3 aromatic rings. The Morgan fingerprint density at radius 3 is 2.85 bits per heavy atom. The number of aromatic hydroxyl groups is 1. The van der Waals surface area contributed by atoms with Crippen LogP contribution in [0.15, 0.2) is 36.7 Å². The van der Waals surface area contributed by atoms with Crippen molar-refractivity contribution in [1.29, 1.82) is 0 Å². The van der Waals surface area contributed by atoms with E-state index < -0.39 is 0 Å². The summed E-state index contributed by atoms with van der Waals surface area (Å²) >= 11 is 0. The number of pyridine rings is 1. The number of rotatable bonds is 2. The van der Waals surface area contributed by atoms with Crippen molar-refractivity contribution in [3.8, 4) is 17.1 Å². The Morgan fingerprint density at radius 2 is 2.10 bits per heavy atom. The lowest BCUT2D eigenvalue weighted by atomic mass is 10.2. The van der Waals surface area contributed by atoms with E-state index in [0.717, 1.165) is 18.4 Å². The van der Waals surface area contributed by atoms with Crippen LogP contribution >= 0.6 is 0 Å². The normalized spacial score (nSPS) is 14.8. The summed E-state index contributed by atoms with van der Waals surface area (Å²) in [5.41, 5.74) is 1.71. The Labute approximate surface area is 114 Å². The number of aromatic nitrogens is 3. The lowest BCUT2D eigenvalue weighted by Gasteiger charge is -2.08. The molecule has 0 amide bonds. The number of hydrogen-bond acceptors (Lipinski definition) is 3. The van der Waals surface area contributed by atoms with Crippen molar-refractivity contribution in [2.75, 3.05) is 0 Å². The van der Waals surface area contributed by atoms with Crippen LogP contribution in [0.5, 0.6) is 5.75 Å². The predicted molar refractivity (Wildman–Crippen MR) is 72.9 cm³/mol. The van der Waals surface area contributed by atoms with Gasteiger partial charge in [0.2, 0.25) is 0 Å². The highest BCUT2D eigenvalue weighted by molar-refractivity contribution is 5.82. The minimum Gasteiger partial charge on any atom is -0.506 e. The third-order valence-electron chi connectivity index (χ3n) is 3.62. The summed E-state index contributed by atoms with van der Waals surface area (Å²) < 4.78 is 16.0. The van der Waals surface area contributed by atoms with E-state index in [-0.39, 0.29) is 11.6 Å². The smallest absolute Gasteiger partial charge is 0.151 e. The molecule has 0 aliphatic heterocycles. The van der Waals surface area contributed by atoms with Gasteiger partial charge in [-0.3, -0.25) is 4.98 Å². The van der Waals surface area contributed by atoms with E-state index in [4.69, 9.17) is 0 Å². The van der Waals surface area contributed by atoms with E-state index in [1.165, 1.54) is 12.3 Å². The molecule has 1 N–H and O–H groups in total. The Morgan fingerprint density at radius 1 is 1.25 bits per heavy atom. The molecule has 0 unspecified atom stereocenters. The summed E-state index contributed by atoms with van der Waals surface area (Å²) in [5, 5.41) is 9.98. The minimum atomic E-state index is -0.336. The van der Waals surface area contributed by atoms with Gasteiger partial charge in [0, 0.05) is 12.2 Å². The van der Waals surface area contributed by atoms with Crippen molar-refractivity contribution in [2.45, 2.75) is 18.9 Å². The van der Waals surface area contributed by atoms with Crippen LogP contribution in [0.4, 0.5) is 4.39 Å². The van der Waals surface area contributed by atoms with Crippen LogP contribution in [0.25, 0.3) is 22.4 Å². The fraction of sp³-hybridized carbons (Fsp3) is 0.200. The topological polar surface area (TPSA) is 50.9 Å². The number of halogens is 1. The van der Waals surface area contributed by atoms with Crippen molar-refractivity contribution in [2.24, 2.45) is 0 Å². The van der Waals surface area contributed by atoms with Crippen LogP contribution in [0.2, 0.25) is 0 Å². The van der Waals surface area contributed by atoms with Crippen molar-refractivity contribution in [1.82, 2.24) is 14.5 Å². The Kier molecular flexibility index (Phi) is 2.30. The third-order valence-corrected chi connectivity index (χ3v) is 3.62. The van der Waals surface area contributed by atoms with E-state index in [2.05, 4.69) is 9.97 Å². The second-order valence-corrected chi connectivity index (χ2v) is 5.04. The first-order valence-corrected chi connectivity index (χ1v) is 6.55. The predicted octanol–water partition coefficient (Wildman–Crippen LogP) is 3.28. The molecule has 0 spiro atoms. The van der Waals surface area contributed by atoms with Crippen molar-refractivity contribution < 1.29 is 9.50 Å². The molecular weight excluding hydrogens is 257 g/mol. The number of para-hydroxylation sites is 1. The lowest BCUT2D eigenvalue weighted by molar-refractivity contribution is 0.474. The van der Waals surface area contributed by atoms with Gasteiger partial charge < -0.3 is 9.67 Å². The van der Waals surface area contributed by atoms with Gasteiger partial charge in [-0.2, -0.15) is 0 Å². The average Bonchev–Trinajstić information content (AvgIpc) is 3.20. The molecule has 0 atom stereocenters. The summed E-state index contributed by atoms with van der Waals surface area (Å²) in [6, 6.07) is 7.00. The Balaban J connectivity index is 2.06. The molecule has 1 aromatic carbocycles. The first-order valence-electron chi connectivity index (χ1n) is 6.55. The molecular formula is C15H12FN3O. The van der Waals surface area contributed by atoms with Crippen LogP contribution in [0.3, 0.4) is 0 Å². The van der Waals surface area contributed by atoms with E-state index >= 15 is 0 Å². The molecule has 4 nitrogen and oxygen atoms in total. The maximum absolute atomic E-state index is 13.9. The average molecular weight is 269 g/mol. The van der Waals surface area contributed by atoms with E-state index in [1.54, 1.807) is 18.3 Å². The fourth-order valence-electron chi connectivity index (χ4n) is 2.55. The van der Waals surface area contributed by atoms with Crippen LogP contribution in [0.1, 0.15) is 18.9 Å². The first kappa shape index (κ1) is 11.4. The van der Waals surface area contributed by atoms with Crippen LogP contribution in [0, 0.1) is 5.82 Å². The summed E-state index contributed by atoms with van der Waals surface area (Å²) in [6.45, 7) is 0. The molecule has 0 bridgehead atoms. The molecule has 0 saturated heterocycles. The molecule has 2 heterocycles. The van der Waals surface area contributed by atoms with Gasteiger partial charge in [-0.15, -0.1) is 0 Å². The number of benzene rings is 1. The molecule has 5 heteroatoms. The van der Waals surface area contributed by atoms with Crippen molar-refractivity contribution >= 4 is 11.0 Å². The minimum absolute atomic E-state index is 0.0603. The molecule has 2 aromatic heterocycles. The number of hydrogen-bond donors (Lipinski definition) is 1. The zero-order valence-corrected chi connectivity index (χ0v) is 10.6. The second kappa shape index (κ2) is 4.03. The number of nitrogens with zero attached hydrogens (tertiary/aromatic N) is 3. The van der Waals surface area contributed by atoms with E-state index in [1.807, 2.05) is 10.6 Å². The van der Waals surface area contributed by atoms with E-state index in [9.17, 15) is 9.50 Å². The molecule has 1 aliphatic carbocycles. The van der Waals surface area contributed by atoms with Gasteiger partial charge in [-0.1, -0.05) is 6.07 Å². The van der Waals surface area contributed by atoms with Crippen LogP contribution < -0.4 is 0 Å². The molecule has 1 saturated carbocycles. The summed E-state index contributed by atoms with van der Waals surface area (Å²) in [7, 11) is 0. The largest absolute Gasteiger partial charge is 0.506 e. The molecule has 100 valence electrons. The quantitative estimate of drug-likeness (QED) is 0.776. The summed E-state index contributed by atoms with van der Waals surface area (Å²) in [5.74, 6) is 0.328.